The Morgan fingerprint density at radius 1 is 0.211 bits per heavy atom. The highest BCUT2D eigenvalue weighted by atomic mass is 16.3. The van der Waals surface area contributed by atoms with Crippen LogP contribution < -0.4 is 28.7 Å². The maximum atomic E-state index is 11.9. The third-order valence-corrected chi connectivity index (χ3v) is 12.7. The van der Waals surface area contributed by atoms with E-state index in [2.05, 4.69) is 0 Å². The quantitative estimate of drug-likeness (QED) is 0.0259. The lowest BCUT2D eigenvalue weighted by atomic mass is 10.1. The van der Waals surface area contributed by atoms with Crippen molar-refractivity contribution in [3.05, 3.63) is 329 Å². The van der Waals surface area contributed by atoms with Gasteiger partial charge in [-0.3, -0.25) is 24.0 Å². The summed E-state index contributed by atoms with van der Waals surface area (Å²) in [4.78, 5) is 59.4. The maximum absolute atomic E-state index is 11.9. The number of nitrogens with two attached hydrogens (primary N) is 5. The Kier molecular flexibility index (Phi) is 25.3. The van der Waals surface area contributed by atoms with Crippen LogP contribution in [0.1, 0.15) is 79.6 Å². The molecular weight excluding hydrogens is 1130 g/mol. The number of anilines is 5. The first-order chi connectivity index (χ1) is 43.3. The van der Waals surface area contributed by atoms with Crippen molar-refractivity contribution in [1.82, 2.24) is 0 Å². The van der Waals surface area contributed by atoms with E-state index in [4.69, 9.17) is 54.2 Å². The van der Waals surface area contributed by atoms with E-state index < -0.39 is 0 Å². The van der Waals surface area contributed by atoms with Crippen LogP contribution >= 0.6 is 0 Å². The van der Waals surface area contributed by atoms with Crippen molar-refractivity contribution in [3.63, 3.8) is 0 Å². The fourth-order valence-electron chi connectivity index (χ4n) is 7.84. The van der Waals surface area contributed by atoms with Crippen LogP contribution in [-0.4, -0.2) is 54.4 Å². The molecule has 0 saturated heterocycles. The molecule has 0 fully saturated rings. The van der Waals surface area contributed by atoms with Crippen molar-refractivity contribution in [3.8, 4) is 28.7 Å². The molecule has 0 aliphatic carbocycles. The van der Waals surface area contributed by atoms with Gasteiger partial charge in [0.1, 0.15) is 28.7 Å². The van der Waals surface area contributed by atoms with Crippen molar-refractivity contribution in [2.75, 3.05) is 28.7 Å². The van der Waals surface area contributed by atoms with Crippen LogP contribution in [0.25, 0.3) is 30.4 Å². The van der Waals surface area contributed by atoms with Crippen LogP contribution in [-0.2, 0) is 0 Å². The van der Waals surface area contributed by atoms with Gasteiger partial charge in [-0.1, -0.05) is 152 Å². The molecule has 450 valence electrons. The van der Waals surface area contributed by atoms with Gasteiger partial charge in [0.25, 0.3) is 0 Å². The van der Waals surface area contributed by atoms with Gasteiger partial charge < -0.3 is 54.2 Å². The summed E-state index contributed by atoms with van der Waals surface area (Å²) in [7, 11) is 0. The number of para-hydroxylation sites is 5. The SMILES string of the molecule is Nc1ccccc1C(=O)/C=C/c1ccc(O)cc1.Nc1ccccc1C(=O)/C=C/c1ccc(O)cc1.Nc1ccccc1C(=O)/C=C/c1ccc(O)cc1.Nc1ccccc1C(=O)/C=C/c1ccc(O)cc1.Nc1ccccc1C(=O)/C=C/c1ccc(O)cc1. The average Bonchev–Trinajstić information content (AvgIpc) is 3.76. The molecule has 0 radical (unpaired) electrons. The zero-order valence-corrected chi connectivity index (χ0v) is 48.5. The Balaban J connectivity index is 0.000000179. The molecule has 0 atom stereocenters. The van der Waals surface area contributed by atoms with Crippen molar-refractivity contribution in [2.24, 2.45) is 0 Å². The minimum atomic E-state index is -0.138. The topological polar surface area (TPSA) is 317 Å². The number of benzene rings is 10. The minimum absolute atomic E-state index is 0.138. The number of phenols is 5. The first kappa shape index (κ1) is 66.4. The number of nitrogen functional groups attached to an aromatic ring is 5. The summed E-state index contributed by atoms with van der Waals surface area (Å²) < 4.78 is 0. The molecule has 10 aromatic carbocycles. The lowest BCUT2D eigenvalue weighted by Gasteiger charge is -2.00. The monoisotopic (exact) mass is 1200 g/mol. The van der Waals surface area contributed by atoms with E-state index in [1.165, 1.54) is 30.4 Å². The fraction of sp³-hybridized carbons (Fsp3) is 0. The number of hydrogen-bond acceptors (Lipinski definition) is 15. The van der Waals surface area contributed by atoms with Gasteiger partial charge in [0.15, 0.2) is 28.9 Å². The smallest absolute Gasteiger partial charge is 0.187 e. The molecule has 15 nitrogen and oxygen atoms in total. The molecule has 0 saturated carbocycles. The number of carbonyl (C=O) groups excluding carboxylic acids is 5. The van der Waals surface area contributed by atoms with Crippen LogP contribution in [0.2, 0.25) is 0 Å². The van der Waals surface area contributed by atoms with E-state index in [0.717, 1.165) is 27.8 Å². The highest BCUT2D eigenvalue weighted by Crippen LogP contribution is 2.20. The summed E-state index contributed by atoms with van der Waals surface area (Å²) in [5.74, 6) is 0.310. The van der Waals surface area contributed by atoms with E-state index in [0.29, 0.717) is 56.3 Å². The molecule has 0 heterocycles. The maximum Gasteiger partial charge on any atom is 0.187 e. The number of carbonyl (C=O) groups is 5. The third-order valence-electron chi connectivity index (χ3n) is 12.7. The van der Waals surface area contributed by atoms with Gasteiger partial charge >= 0.3 is 0 Å². The van der Waals surface area contributed by atoms with Gasteiger partial charge in [-0.15, -0.1) is 0 Å². The van der Waals surface area contributed by atoms with E-state index >= 15 is 0 Å². The molecule has 0 aliphatic heterocycles. The van der Waals surface area contributed by atoms with Crippen LogP contribution in [0.15, 0.2) is 273 Å². The molecule has 15 N–H and O–H groups in total. The normalized spacial score (nSPS) is 10.7. The Hall–Kier alpha value is -12.8. The molecule has 10 rings (SSSR count). The predicted octanol–water partition coefficient (Wildman–Crippen LogP) is 14.4. The van der Waals surface area contributed by atoms with Gasteiger partial charge in [0.2, 0.25) is 0 Å². The molecule has 0 aromatic heterocycles. The first-order valence-corrected chi connectivity index (χ1v) is 27.6. The lowest BCUT2D eigenvalue weighted by molar-refractivity contribution is 0.104. The minimum Gasteiger partial charge on any atom is -0.508 e. The zero-order chi connectivity index (χ0) is 64.8. The standard InChI is InChI=1S/5C15H13NO2/c5*16-14-4-2-1-3-13(14)15(18)10-7-11-5-8-12(17)9-6-11/h5*1-10,17H,16H2/b5*10-7+. The number of rotatable bonds is 15. The predicted molar refractivity (Wildman–Crippen MR) is 362 cm³/mol. The second kappa shape index (κ2) is 34.3. The molecule has 0 unspecified atom stereocenters. The molecule has 90 heavy (non-hydrogen) atoms. The Morgan fingerprint density at radius 2 is 0.344 bits per heavy atom. The summed E-state index contributed by atoms with van der Waals surface area (Å²) >= 11 is 0. The summed E-state index contributed by atoms with van der Waals surface area (Å²) in [6.45, 7) is 0. The van der Waals surface area contributed by atoms with E-state index in [1.807, 2.05) is 0 Å². The van der Waals surface area contributed by atoms with Crippen LogP contribution in [0, 0.1) is 0 Å². The largest absolute Gasteiger partial charge is 0.508 e. The van der Waals surface area contributed by atoms with Crippen LogP contribution in [0.5, 0.6) is 28.7 Å². The third kappa shape index (κ3) is 22.0. The molecule has 0 aliphatic rings. The van der Waals surface area contributed by atoms with Gasteiger partial charge in [-0.05, 0) is 180 Å². The Bertz CT molecular complexity index is 3560. The number of allylic oxidation sites excluding steroid dienone is 5. The molecule has 15 heteroatoms. The van der Waals surface area contributed by atoms with Gasteiger partial charge in [-0.25, -0.2) is 0 Å². The highest BCUT2D eigenvalue weighted by Gasteiger charge is 2.09. The highest BCUT2D eigenvalue weighted by molar-refractivity contribution is 6.12. The second-order valence-corrected chi connectivity index (χ2v) is 19.4. The van der Waals surface area contributed by atoms with Crippen molar-refractivity contribution < 1.29 is 49.5 Å². The van der Waals surface area contributed by atoms with Gasteiger partial charge in [0, 0.05) is 56.3 Å². The van der Waals surface area contributed by atoms with Crippen LogP contribution in [0.3, 0.4) is 0 Å². The summed E-state index contributed by atoms with van der Waals surface area (Å²) in [5, 5.41) is 45.7. The first-order valence-electron chi connectivity index (χ1n) is 27.6. The van der Waals surface area contributed by atoms with Gasteiger partial charge in [0.05, 0.1) is 0 Å². The fourth-order valence-corrected chi connectivity index (χ4v) is 7.84. The zero-order valence-electron chi connectivity index (χ0n) is 48.5. The summed E-state index contributed by atoms with van der Waals surface area (Å²) in [6.07, 6.45) is 15.8. The summed E-state index contributed by atoms with van der Waals surface area (Å²) in [5.41, 5.74) is 37.6. The lowest BCUT2D eigenvalue weighted by Crippen LogP contribution is -1.99. The number of phenolic OH excluding ortho intramolecular Hbond substituents is 5. The molecule has 10 aromatic rings. The molecule has 0 amide bonds. The van der Waals surface area contributed by atoms with Crippen molar-refractivity contribution in [1.29, 1.82) is 0 Å². The molecule has 0 bridgehead atoms. The number of hydrogen-bond donors (Lipinski definition) is 10. The van der Waals surface area contributed by atoms with E-state index in [1.54, 1.807) is 273 Å². The number of aromatic hydroxyl groups is 5. The molecule has 0 spiro atoms. The number of ketones is 5. The van der Waals surface area contributed by atoms with Crippen LogP contribution in [0.4, 0.5) is 28.4 Å². The second-order valence-electron chi connectivity index (χ2n) is 19.4. The van der Waals surface area contributed by atoms with E-state index in [-0.39, 0.29) is 57.7 Å². The molecular formula is C75H65N5O10. The Morgan fingerprint density at radius 3 is 0.478 bits per heavy atom. The van der Waals surface area contributed by atoms with Crippen molar-refractivity contribution in [2.45, 2.75) is 0 Å². The van der Waals surface area contributed by atoms with Gasteiger partial charge in [-0.2, -0.15) is 0 Å². The Labute approximate surface area is 520 Å². The van der Waals surface area contributed by atoms with Crippen molar-refractivity contribution >= 4 is 87.7 Å². The average molecular weight is 1200 g/mol. The summed E-state index contributed by atoms with van der Waals surface area (Å²) in [6, 6.07) is 67.8. The van der Waals surface area contributed by atoms with E-state index in [9.17, 15) is 24.0 Å².